The number of aromatic hydroxyl groups is 1. The molecule has 0 aliphatic carbocycles. The molecule has 11 heteroatoms. The van der Waals surface area contributed by atoms with Gasteiger partial charge < -0.3 is 35.4 Å². The summed E-state index contributed by atoms with van der Waals surface area (Å²) in [6, 6.07) is 26.6. The maximum Gasteiger partial charge on any atom is 0.287 e. The fraction of sp³-hybridized carbons (Fsp3) is 0.306. The molecule has 0 spiro atoms. The molecular formula is C36H36FNO8S. The Labute approximate surface area is 275 Å². The number of aliphatic hydroxyl groups is 5. The van der Waals surface area contributed by atoms with Gasteiger partial charge in [0.05, 0.1) is 18.8 Å². The summed E-state index contributed by atoms with van der Waals surface area (Å²) in [5.41, 5.74) is 3.80. The van der Waals surface area contributed by atoms with Gasteiger partial charge in [0.2, 0.25) is 0 Å². The highest BCUT2D eigenvalue weighted by molar-refractivity contribution is 8.14. The molecule has 6 N–H and O–H groups in total. The maximum absolute atomic E-state index is 13.4. The van der Waals surface area contributed by atoms with Crippen LogP contribution in [0.4, 0.5) is 14.9 Å². The molecule has 4 aromatic rings. The van der Waals surface area contributed by atoms with E-state index in [0.717, 1.165) is 17.3 Å². The van der Waals surface area contributed by atoms with Crippen LogP contribution in [0.5, 0.6) is 5.75 Å². The molecule has 0 saturated carbocycles. The number of phenolic OH excluding ortho intramolecular Hbond substituents is 1. The van der Waals surface area contributed by atoms with Crippen LogP contribution < -0.4 is 4.90 Å². The Bertz CT molecular complexity index is 1670. The second kappa shape index (κ2) is 14.1. The Hall–Kier alpha value is -3.81. The minimum atomic E-state index is -1.49. The van der Waals surface area contributed by atoms with E-state index in [2.05, 4.69) is 0 Å². The first kappa shape index (κ1) is 33.1. The monoisotopic (exact) mass is 661 g/mol. The SMILES string of the molecule is O=C1SC(CCC(O)c2ccc(F)cc2)C(c2ccc(-c3ccc(C4OC(CO)C(O)C(O)C4O)cc3)cc2O)N1c1ccccc1. The van der Waals surface area contributed by atoms with Crippen LogP contribution in [-0.2, 0) is 4.74 Å². The minimum absolute atomic E-state index is 0.00850. The van der Waals surface area contributed by atoms with E-state index in [1.54, 1.807) is 53.4 Å². The summed E-state index contributed by atoms with van der Waals surface area (Å²) in [6.45, 7) is -0.520. The van der Waals surface area contributed by atoms with Crippen molar-refractivity contribution in [3.63, 3.8) is 0 Å². The lowest BCUT2D eigenvalue weighted by Crippen LogP contribution is -2.55. The van der Waals surface area contributed by atoms with E-state index in [1.807, 2.05) is 36.4 Å². The van der Waals surface area contributed by atoms with E-state index in [1.165, 1.54) is 12.1 Å². The third kappa shape index (κ3) is 6.79. The Morgan fingerprint density at radius 3 is 2.19 bits per heavy atom. The number of rotatable bonds is 9. The van der Waals surface area contributed by atoms with E-state index in [0.29, 0.717) is 40.8 Å². The number of para-hydroxylation sites is 1. The van der Waals surface area contributed by atoms with Crippen molar-refractivity contribution in [2.45, 2.75) is 60.8 Å². The lowest BCUT2D eigenvalue weighted by molar-refractivity contribution is -0.231. The number of halogens is 1. The molecule has 8 atom stereocenters. The number of hydrogen-bond acceptors (Lipinski definition) is 9. The third-order valence-electron chi connectivity index (χ3n) is 8.91. The molecule has 246 valence electrons. The Kier molecular flexibility index (Phi) is 9.95. The number of anilines is 1. The summed E-state index contributed by atoms with van der Waals surface area (Å²) in [4.78, 5) is 15.1. The van der Waals surface area contributed by atoms with Gasteiger partial charge in [0, 0.05) is 16.5 Å². The average molecular weight is 662 g/mol. The molecule has 2 aliphatic rings. The van der Waals surface area contributed by atoms with Crippen LogP contribution in [0.15, 0.2) is 97.1 Å². The third-order valence-corrected chi connectivity index (χ3v) is 10.1. The van der Waals surface area contributed by atoms with E-state index >= 15 is 0 Å². The van der Waals surface area contributed by atoms with E-state index in [-0.39, 0.29) is 22.1 Å². The standard InChI is InChI=1S/C36H36FNO8S/c37-24-13-10-21(11-14-24)27(40)16-17-30-31(38(36(45)47-30)25-4-2-1-3-5-25)26-15-12-23(18-28(26)41)20-6-8-22(9-7-20)35-34(44)33(43)32(42)29(19-39)46-35/h1-15,18,27,29-35,39-44H,16-17,19H2. The molecule has 4 aromatic carbocycles. The molecule has 0 aromatic heterocycles. The topological polar surface area (TPSA) is 151 Å². The van der Waals surface area contributed by atoms with Gasteiger partial charge in [-0.3, -0.25) is 9.69 Å². The smallest absolute Gasteiger partial charge is 0.287 e. The molecule has 8 unspecified atom stereocenters. The zero-order chi connectivity index (χ0) is 33.2. The van der Waals surface area contributed by atoms with E-state index < -0.39 is 49.3 Å². The number of ether oxygens (including phenoxy) is 1. The molecule has 0 bridgehead atoms. The number of hydrogen-bond donors (Lipinski definition) is 6. The number of amides is 1. The van der Waals surface area contributed by atoms with Gasteiger partial charge in [-0.1, -0.05) is 78.5 Å². The van der Waals surface area contributed by atoms with Gasteiger partial charge in [0.1, 0.15) is 42.1 Å². The molecule has 2 aliphatic heterocycles. The Morgan fingerprint density at radius 1 is 0.851 bits per heavy atom. The van der Waals surface area contributed by atoms with Crippen molar-refractivity contribution >= 4 is 22.7 Å². The van der Waals surface area contributed by atoms with Crippen LogP contribution >= 0.6 is 11.8 Å². The first-order valence-electron chi connectivity index (χ1n) is 15.4. The highest BCUT2D eigenvalue weighted by Crippen LogP contribution is 2.49. The number of benzene rings is 4. The van der Waals surface area contributed by atoms with Gasteiger partial charge in [-0.25, -0.2) is 4.39 Å². The van der Waals surface area contributed by atoms with Crippen molar-refractivity contribution in [1.29, 1.82) is 0 Å². The van der Waals surface area contributed by atoms with Crippen molar-refractivity contribution in [2.75, 3.05) is 11.5 Å². The number of nitrogens with zero attached hydrogens (tertiary/aromatic N) is 1. The summed E-state index contributed by atoms with van der Waals surface area (Å²) in [5.74, 6) is -0.397. The van der Waals surface area contributed by atoms with Crippen LogP contribution in [0.25, 0.3) is 11.1 Å². The highest BCUT2D eigenvalue weighted by atomic mass is 32.2. The molecule has 2 saturated heterocycles. The fourth-order valence-electron chi connectivity index (χ4n) is 6.33. The van der Waals surface area contributed by atoms with Gasteiger partial charge in [0.15, 0.2) is 0 Å². The van der Waals surface area contributed by atoms with E-state index in [4.69, 9.17) is 4.74 Å². The zero-order valence-electron chi connectivity index (χ0n) is 25.2. The molecule has 2 heterocycles. The quantitative estimate of drug-likeness (QED) is 0.146. The minimum Gasteiger partial charge on any atom is -0.508 e. The van der Waals surface area contributed by atoms with Gasteiger partial charge in [-0.2, -0.15) is 0 Å². The Balaban J connectivity index is 1.25. The average Bonchev–Trinajstić information content (AvgIpc) is 3.42. The largest absolute Gasteiger partial charge is 0.508 e. The van der Waals surface area contributed by atoms with Gasteiger partial charge in [-0.05, 0) is 65.4 Å². The second-order valence-electron chi connectivity index (χ2n) is 11.9. The zero-order valence-corrected chi connectivity index (χ0v) is 26.0. The van der Waals surface area contributed by atoms with Crippen LogP contribution in [0.2, 0.25) is 0 Å². The normalized spacial score (nSPS) is 26.8. The lowest BCUT2D eigenvalue weighted by atomic mass is 9.90. The number of aliphatic hydroxyl groups excluding tert-OH is 5. The summed E-state index contributed by atoms with van der Waals surface area (Å²) in [6.07, 6.45) is -6.38. The number of phenols is 1. The Morgan fingerprint density at radius 2 is 1.53 bits per heavy atom. The molecular weight excluding hydrogens is 625 g/mol. The first-order valence-corrected chi connectivity index (χ1v) is 16.3. The molecule has 9 nitrogen and oxygen atoms in total. The number of thioether (sulfide) groups is 1. The van der Waals surface area contributed by atoms with Crippen LogP contribution in [0.1, 0.15) is 47.8 Å². The summed E-state index contributed by atoms with van der Waals surface area (Å²) < 4.78 is 19.1. The predicted molar refractivity (Wildman–Crippen MR) is 175 cm³/mol. The lowest BCUT2D eigenvalue weighted by Gasteiger charge is -2.40. The van der Waals surface area contributed by atoms with Crippen molar-refractivity contribution in [3.8, 4) is 16.9 Å². The van der Waals surface area contributed by atoms with Gasteiger partial charge >= 0.3 is 0 Å². The van der Waals surface area contributed by atoms with Crippen molar-refractivity contribution < 1.29 is 44.6 Å². The second-order valence-corrected chi connectivity index (χ2v) is 13.1. The summed E-state index contributed by atoms with van der Waals surface area (Å²) >= 11 is 1.16. The van der Waals surface area contributed by atoms with Crippen molar-refractivity contribution in [3.05, 3.63) is 120 Å². The number of carbonyl (C=O) groups excluding carboxylic acids is 1. The highest BCUT2D eigenvalue weighted by Gasteiger charge is 2.45. The van der Waals surface area contributed by atoms with Gasteiger partial charge in [-0.15, -0.1) is 0 Å². The molecule has 0 radical (unpaired) electrons. The van der Waals surface area contributed by atoms with Crippen LogP contribution in [-0.4, -0.2) is 72.2 Å². The van der Waals surface area contributed by atoms with Crippen LogP contribution in [0.3, 0.4) is 0 Å². The summed E-state index contributed by atoms with van der Waals surface area (Å²) in [7, 11) is 0. The number of carbonyl (C=O) groups is 1. The predicted octanol–water partition coefficient (Wildman–Crippen LogP) is 5.01. The van der Waals surface area contributed by atoms with Crippen molar-refractivity contribution in [2.24, 2.45) is 0 Å². The maximum atomic E-state index is 13.4. The van der Waals surface area contributed by atoms with Crippen LogP contribution in [0, 0.1) is 5.82 Å². The molecule has 6 rings (SSSR count). The molecule has 2 fully saturated rings. The summed E-state index contributed by atoms with van der Waals surface area (Å²) in [5, 5.41) is 62.1. The molecule has 1 amide bonds. The molecule has 47 heavy (non-hydrogen) atoms. The first-order chi connectivity index (χ1) is 22.7. The van der Waals surface area contributed by atoms with Gasteiger partial charge in [0.25, 0.3) is 5.24 Å². The fourth-order valence-corrected chi connectivity index (χ4v) is 7.57. The van der Waals surface area contributed by atoms with Crippen molar-refractivity contribution in [1.82, 2.24) is 0 Å². The van der Waals surface area contributed by atoms with E-state index in [9.17, 15) is 39.8 Å².